The Morgan fingerprint density at radius 1 is 1.10 bits per heavy atom. The topological polar surface area (TPSA) is 47.9 Å². The summed E-state index contributed by atoms with van der Waals surface area (Å²) in [6, 6.07) is 0. The first-order valence-corrected chi connectivity index (χ1v) is 11.9. The van der Waals surface area contributed by atoms with E-state index in [9.17, 15) is 5.11 Å². The van der Waals surface area contributed by atoms with Crippen molar-refractivity contribution >= 4 is 0 Å². The van der Waals surface area contributed by atoms with Crippen LogP contribution in [-0.4, -0.2) is 42.9 Å². The Kier molecular flexibility index (Phi) is 5.18. The highest BCUT2D eigenvalue weighted by molar-refractivity contribution is 5.44. The summed E-state index contributed by atoms with van der Waals surface area (Å²) in [5, 5.41) is 11.1. The van der Waals surface area contributed by atoms with E-state index in [4.69, 9.17) is 20.6 Å². The number of allylic oxidation sites excluding steroid dienone is 3. The van der Waals surface area contributed by atoms with E-state index in [1.54, 1.807) is 18.3 Å². The van der Waals surface area contributed by atoms with Crippen molar-refractivity contribution in [1.29, 1.82) is 0 Å². The summed E-state index contributed by atoms with van der Waals surface area (Å²) in [7, 11) is 1.76. The summed E-state index contributed by atoms with van der Waals surface area (Å²) in [6.45, 7) is 3.66. The summed E-state index contributed by atoms with van der Waals surface area (Å²) < 4.78 is 17.8. The average molecular weight is 413 g/mol. The first kappa shape index (κ1) is 20.8. The molecule has 2 saturated carbocycles. The molecule has 30 heavy (non-hydrogen) atoms. The zero-order valence-electron chi connectivity index (χ0n) is 18.5. The number of methoxy groups -OCH3 is 1. The molecule has 0 amide bonds. The third-order valence-electron chi connectivity index (χ3n) is 9.22. The van der Waals surface area contributed by atoms with E-state index in [-0.39, 0.29) is 11.5 Å². The number of aliphatic hydroxyl groups is 1. The van der Waals surface area contributed by atoms with Crippen molar-refractivity contribution in [1.82, 2.24) is 0 Å². The lowest BCUT2D eigenvalue weighted by atomic mass is 9.55. The van der Waals surface area contributed by atoms with E-state index in [0.717, 1.165) is 57.8 Å². The largest absolute Gasteiger partial charge is 0.381 e. The van der Waals surface area contributed by atoms with Gasteiger partial charge in [0.15, 0.2) is 5.79 Å². The predicted octanol–water partition coefficient (Wildman–Crippen LogP) is 4.53. The molecular formula is C26H36O4. The van der Waals surface area contributed by atoms with Crippen molar-refractivity contribution in [2.45, 2.75) is 88.6 Å². The molecule has 0 aromatic rings. The maximum Gasteiger partial charge on any atom is 0.173 e. The molecule has 0 bridgehead atoms. The maximum absolute atomic E-state index is 11.1. The van der Waals surface area contributed by atoms with Crippen LogP contribution in [0, 0.1) is 29.6 Å². The molecule has 1 unspecified atom stereocenters. The second-order valence-corrected chi connectivity index (χ2v) is 10.3. The number of fused-ring (bicyclic) bond motifs is 4. The first-order chi connectivity index (χ1) is 14.4. The molecule has 1 aliphatic heterocycles. The van der Waals surface area contributed by atoms with E-state index in [2.05, 4.69) is 18.9 Å². The van der Waals surface area contributed by atoms with Crippen molar-refractivity contribution in [3.63, 3.8) is 0 Å². The fourth-order valence-electron chi connectivity index (χ4n) is 7.31. The smallest absolute Gasteiger partial charge is 0.173 e. The zero-order chi connectivity index (χ0) is 21.0. The van der Waals surface area contributed by atoms with Crippen LogP contribution in [0.1, 0.15) is 71.1 Å². The molecule has 0 radical (unpaired) electrons. The second kappa shape index (κ2) is 7.48. The van der Waals surface area contributed by atoms with Crippen LogP contribution < -0.4 is 0 Å². The molecule has 4 nitrogen and oxygen atoms in total. The minimum Gasteiger partial charge on any atom is -0.381 e. The van der Waals surface area contributed by atoms with E-state index >= 15 is 0 Å². The van der Waals surface area contributed by atoms with Gasteiger partial charge in [0, 0.05) is 25.4 Å². The van der Waals surface area contributed by atoms with Gasteiger partial charge in [-0.05, 0) is 74.3 Å². The second-order valence-electron chi connectivity index (χ2n) is 10.3. The van der Waals surface area contributed by atoms with Gasteiger partial charge in [-0.25, -0.2) is 0 Å². The van der Waals surface area contributed by atoms with Crippen LogP contribution in [0.25, 0.3) is 0 Å². The minimum absolute atomic E-state index is 0.130. The number of hydrogen-bond donors (Lipinski definition) is 1. The van der Waals surface area contributed by atoms with Gasteiger partial charge in [0.25, 0.3) is 0 Å². The molecule has 5 rings (SSSR count). The van der Waals surface area contributed by atoms with Gasteiger partial charge in [0.1, 0.15) is 5.60 Å². The normalized spacial score (nSPS) is 42.6. The van der Waals surface area contributed by atoms with Crippen molar-refractivity contribution < 1.29 is 19.3 Å². The van der Waals surface area contributed by atoms with Crippen molar-refractivity contribution in [2.75, 3.05) is 20.3 Å². The highest BCUT2D eigenvalue weighted by Crippen LogP contribution is 2.63. The fraction of sp³-hybridized carbons (Fsp3) is 0.769. The summed E-state index contributed by atoms with van der Waals surface area (Å²) in [5.41, 5.74) is 3.72. The van der Waals surface area contributed by atoms with E-state index in [1.165, 1.54) is 12.0 Å². The molecular weight excluding hydrogens is 376 g/mol. The molecule has 5 atom stereocenters. The number of hydrogen-bond acceptors (Lipinski definition) is 4. The molecule has 0 spiro atoms. The minimum atomic E-state index is -0.923. The zero-order valence-corrected chi connectivity index (χ0v) is 18.5. The molecule has 5 aliphatic rings. The molecule has 4 aliphatic carbocycles. The fourth-order valence-corrected chi connectivity index (χ4v) is 7.31. The Balaban J connectivity index is 1.38. The third-order valence-corrected chi connectivity index (χ3v) is 9.22. The van der Waals surface area contributed by atoms with Crippen LogP contribution in [0.5, 0.6) is 0 Å². The monoisotopic (exact) mass is 412 g/mol. The van der Waals surface area contributed by atoms with E-state index in [1.807, 2.05) is 0 Å². The summed E-state index contributed by atoms with van der Waals surface area (Å²) in [5.74, 6) is 3.40. The molecule has 1 saturated heterocycles. The Hall–Kier alpha value is -1.12. The van der Waals surface area contributed by atoms with Gasteiger partial charge in [-0.1, -0.05) is 24.5 Å². The van der Waals surface area contributed by atoms with Crippen molar-refractivity contribution in [3.05, 3.63) is 22.8 Å². The summed E-state index contributed by atoms with van der Waals surface area (Å²) in [6.07, 6.45) is 18.2. The quantitative estimate of drug-likeness (QED) is 0.547. The van der Waals surface area contributed by atoms with Gasteiger partial charge in [-0.2, -0.15) is 0 Å². The van der Waals surface area contributed by atoms with Crippen LogP contribution >= 0.6 is 0 Å². The lowest BCUT2D eigenvalue weighted by Gasteiger charge is -2.50. The molecule has 0 aromatic carbocycles. The van der Waals surface area contributed by atoms with Crippen LogP contribution in [0.4, 0.5) is 0 Å². The van der Waals surface area contributed by atoms with Crippen LogP contribution in [0.15, 0.2) is 22.8 Å². The average Bonchev–Trinajstić information content (AvgIpc) is 3.05. The van der Waals surface area contributed by atoms with Crippen LogP contribution in [-0.2, 0) is 14.2 Å². The Bertz CT molecular complexity index is 798. The van der Waals surface area contributed by atoms with E-state index in [0.29, 0.717) is 25.0 Å². The van der Waals surface area contributed by atoms with Gasteiger partial charge in [-0.15, -0.1) is 6.42 Å². The Labute approximate surface area is 181 Å². The SMILES string of the molecule is C#C[C@]1(O)CC[C@H]2[C@@H]3CCC4=CC(OC5(OC)CCOCC5)CCC4=C3CC[C@@]21C. The molecule has 1 N–H and O–H groups in total. The molecule has 1 heterocycles. The van der Waals surface area contributed by atoms with Gasteiger partial charge in [0.05, 0.1) is 19.3 Å². The first-order valence-electron chi connectivity index (χ1n) is 11.9. The number of ether oxygens (including phenoxy) is 3. The number of terminal acetylenes is 1. The standard InChI is InChI=1S/C26H36O4/c1-4-25(27)12-10-23-22-7-5-18-17-19(30-26(28-3)13-15-29-16-14-26)6-8-20(18)21(22)9-11-24(23,25)2/h1,17,19,22-23,27H,5-16H2,2-3H3/t19?,22-,23+,24+,25+/m1/s1. The highest BCUT2D eigenvalue weighted by atomic mass is 16.7. The van der Waals surface area contributed by atoms with Crippen molar-refractivity contribution in [2.24, 2.45) is 17.3 Å². The summed E-state index contributed by atoms with van der Waals surface area (Å²) in [4.78, 5) is 0. The molecule has 3 fully saturated rings. The van der Waals surface area contributed by atoms with Gasteiger partial charge in [-0.3, -0.25) is 0 Å². The maximum atomic E-state index is 11.1. The van der Waals surface area contributed by atoms with E-state index < -0.39 is 11.4 Å². The van der Waals surface area contributed by atoms with Gasteiger partial charge >= 0.3 is 0 Å². The van der Waals surface area contributed by atoms with Crippen LogP contribution in [0.3, 0.4) is 0 Å². The van der Waals surface area contributed by atoms with Crippen LogP contribution in [0.2, 0.25) is 0 Å². The highest BCUT2D eigenvalue weighted by Gasteiger charge is 2.60. The lowest BCUT2D eigenvalue weighted by molar-refractivity contribution is -0.269. The Morgan fingerprint density at radius 3 is 2.63 bits per heavy atom. The third kappa shape index (κ3) is 3.05. The van der Waals surface area contributed by atoms with Gasteiger partial charge in [0.2, 0.25) is 0 Å². The molecule has 164 valence electrons. The summed E-state index contributed by atoms with van der Waals surface area (Å²) >= 11 is 0. The predicted molar refractivity (Wildman–Crippen MR) is 116 cm³/mol. The van der Waals surface area contributed by atoms with Crippen molar-refractivity contribution in [3.8, 4) is 12.3 Å². The number of rotatable bonds is 3. The molecule has 0 aromatic heterocycles. The van der Waals surface area contributed by atoms with Gasteiger partial charge < -0.3 is 19.3 Å². The Morgan fingerprint density at radius 2 is 1.90 bits per heavy atom. The lowest BCUT2D eigenvalue weighted by Crippen LogP contribution is -2.49. The molecule has 4 heteroatoms.